The van der Waals surface area contributed by atoms with Crippen molar-refractivity contribution < 1.29 is 17.9 Å². The maximum absolute atomic E-state index is 12.3. The fourth-order valence-electron chi connectivity index (χ4n) is 0.853. The summed E-state index contributed by atoms with van der Waals surface area (Å²) in [6, 6.07) is 0.797. The molecule has 1 rings (SSSR count). The minimum atomic E-state index is -4.46. The summed E-state index contributed by atoms with van der Waals surface area (Å²) < 4.78 is 41.7. The van der Waals surface area contributed by atoms with Crippen LogP contribution in [0.5, 0.6) is 5.75 Å². The van der Waals surface area contributed by atoms with Crippen molar-refractivity contribution in [3.8, 4) is 5.75 Å². The van der Waals surface area contributed by atoms with E-state index in [-0.39, 0.29) is 24.1 Å². The van der Waals surface area contributed by atoms with Crippen LogP contribution in [-0.2, 0) is 6.18 Å². The molecule has 0 radical (unpaired) electrons. The molecule has 0 aliphatic carbocycles. The quantitative estimate of drug-likeness (QED) is 0.823. The maximum atomic E-state index is 12.3. The summed E-state index contributed by atoms with van der Waals surface area (Å²) in [5, 5.41) is -0.114. The molecular formula is C8H8ClF3N2O. The first-order valence-corrected chi connectivity index (χ1v) is 4.38. The van der Waals surface area contributed by atoms with E-state index >= 15 is 0 Å². The van der Waals surface area contributed by atoms with Gasteiger partial charge in [0.2, 0.25) is 0 Å². The highest BCUT2D eigenvalue weighted by atomic mass is 35.5. The van der Waals surface area contributed by atoms with E-state index in [9.17, 15) is 13.2 Å². The lowest BCUT2D eigenvalue weighted by atomic mass is 10.3. The minimum Gasteiger partial charge on any atom is -0.489 e. The summed E-state index contributed by atoms with van der Waals surface area (Å²) in [7, 11) is 0. The Kier molecular flexibility index (Phi) is 3.76. The Hall–Kier alpha value is -1.01. The molecule has 0 aliphatic rings. The van der Waals surface area contributed by atoms with Gasteiger partial charge in [-0.05, 0) is 6.07 Å². The summed E-state index contributed by atoms with van der Waals surface area (Å²) in [4.78, 5) is 3.38. The number of nitrogens with two attached hydrogens (primary N) is 1. The van der Waals surface area contributed by atoms with E-state index in [2.05, 4.69) is 4.98 Å². The van der Waals surface area contributed by atoms with Gasteiger partial charge in [0.05, 0.1) is 5.56 Å². The SMILES string of the molecule is NCCOc1cc(C(F)(F)F)cnc1Cl. The van der Waals surface area contributed by atoms with Crippen molar-refractivity contribution in [2.45, 2.75) is 6.18 Å². The van der Waals surface area contributed by atoms with Crippen LogP contribution in [0.3, 0.4) is 0 Å². The number of hydrogen-bond donors (Lipinski definition) is 1. The van der Waals surface area contributed by atoms with E-state index in [4.69, 9.17) is 22.1 Å². The predicted octanol–water partition coefficient (Wildman–Crippen LogP) is 2.09. The van der Waals surface area contributed by atoms with Crippen LogP contribution >= 0.6 is 11.6 Å². The first-order valence-electron chi connectivity index (χ1n) is 4.00. The molecule has 2 N–H and O–H groups in total. The van der Waals surface area contributed by atoms with Gasteiger partial charge in [0.25, 0.3) is 0 Å². The number of ether oxygens (including phenoxy) is 1. The lowest BCUT2D eigenvalue weighted by Gasteiger charge is -2.10. The normalized spacial score (nSPS) is 11.5. The molecule has 0 aliphatic heterocycles. The monoisotopic (exact) mass is 240 g/mol. The lowest BCUT2D eigenvalue weighted by molar-refractivity contribution is -0.137. The molecule has 0 saturated heterocycles. The molecular weight excluding hydrogens is 233 g/mol. The van der Waals surface area contributed by atoms with Crippen molar-refractivity contribution in [1.82, 2.24) is 4.98 Å². The smallest absolute Gasteiger partial charge is 0.418 e. The number of aromatic nitrogens is 1. The molecule has 0 atom stereocenters. The highest BCUT2D eigenvalue weighted by Gasteiger charge is 2.31. The van der Waals surface area contributed by atoms with E-state index < -0.39 is 11.7 Å². The van der Waals surface area contributed by atoms with Crippen molar-refractivity contribution in [2.24, 2.45) is 5.73 Å². The van der Waals surface area contributed by atoms with Crippen LogP contribution in [0.1, 0.15) is 5.56 Å². The van der Waals surface area contributed by atoms with Gasteiger partial charge in [0, 0.05) is 12.7 Å². The molecule has 15 heavy (non-hydrogen) atoms. The standard InChI is InChI=1S/C8H8ClF3N2O/c9-7-6(15-2-1-13)3-5(4-14-7)8(10,11)12/h3-4H,1-2,13H2. The molecule has 84 valence electrons. The second-order valence-corrected chi connectivity index (χ2v) is 3.01. The van der Waals surface area contributed by atoms with Crippen molar-refractivity contribution in [3.05, 3.63) is 23.0 Å². The van der Waals surface area contributed by atoms with Gasteiger partial charge < -0.3 is 10.5 Å². The largest absolute Gasteiger partial charge is 0.489 e. The van der Waals surface area contributed by atoms with Crippen LogP contribution in [-0.4, -0.2) is 18.1 Å². The van der Waals surface area contributed by atoms with Crippen LogP contribution in [0.2, 0.25) is 5.15 Å². The van der Waals surface area contributed by atoms with E-state index in [1.807, 2.05) is 0 Å². The van der Waals surface area contributed by atoms with E-state index in [1.54, 1.807) is 0 Å². The molecule has 3 nitrogen and oxygen atoms in total. The number of rotatable bonds is 3. The topological polar surface area (TPSA) is 48.1 Å². The summed E-state index contributed by atoms with van der Waals surface area (Å²) >= 11 is 5.54. The van der Waals surface area contributed by atoms with Crippen molar-refractivity contribution in [2.75, 3.05) is 13.2 Å². The first kappa shape index (κ1) is 12.1. The molecule has 1 aromatic rings. The zero-order valence-electron chi connectivity index (χ0n) is 7.51. The molecule has 0 fully saturated rings. The van der Waals surface area contributed by atoms with Gasteiger partial charge >= 0.3 is 6.18 Å². The average Bonchev–Trinajstić information content (AvgIpc) is 2.15. The van der Waals surface area contributed by atoms with Gasteiger partial charge in [-0.2, -0.15) is 13.2 Å². The Morgan fingerprint density at radius 1 is 1.47 bits per heavy atom. The number of pyridine rings is 1. The number of alkyl halides is 3. The number of hydrogen-bond acceptors (Lipinski definition) is 3. The molecule has 0 amide bonds. The second-order valence-electron chi connectivity index (χ2n) is 2.65. The summed E-state index contributed by atoms with van der Waals surface area (Å²) in [6.45, 7) is 0.273. The Labute approximate surface area is 89.0 Å². The Morgan fingerprint density at radius 2 is 2.13 bits per heavy atom. The molecule has 0 spiro atoms. The summed E-state index contributed by atoms with van der Waals surface area (Å²) in [6.07, 6.45) is -3.81. The van der Waals surface area contributed by atoms with Gasteiger partial charge in [0.1, 0.15) is 6.61 Å². The average molecular weight is 241 g/mol. The third-order valence-electron chi connectivity index (χ3n) is 1.51. The van der Waals surface area contributed by atoms with E-state index in [0.717, 1.165) is 6.07 Å². The van der Waals surface area contributed by atoms with Crippen molar-refractivity contribution in [1.29, 1.82) is 0 Å². The second kappa shape index (κ2) is 4.67. The van der Waals surface area contributed by atoms with Crippen LogP contribution < -0.4 is 10.5 Å². The summed E-state index contributed by atoms with van der Waals surface area (Å²) in [5.74, 6) is -0.114. The highest BCUT2D eigenvalue weighted by Crippen LogP contribution is 2.33. The third kappa shape index (κ3) is 3.24. The van der Waals surface area contributed by atoms with Crippen molar-refractivity contribution in [3.63, 3.8) is 0 Å². The molecule has 0 bridgehead atoms. The molecule has 1 aromatic heterocycles. The zero-order chi connectivity index (χ0) is 11.5. The fraction of sp³-hybridized carbons (Fsp3) is 0.375. The highest BCUT2D eigenvalue weighted by molar-refractivity contribution is 6.30. The Balaban J connectivity index is 2.95. The minimum absolute atomic E-state index is 0.0860. The molecule has 0 unspecified atom stereocenters. The van der Waals surface area contributed by atoms with Crippen LogP contribution in [0.25, 0.3) is 0 Å². The van der Waals surface area contributed by atoms with Gasteiger partial charge in [0.15, 0.2) is 10.9 Å². The van der Waals surface area contributed by atoms with Crippen molar-refractivity contribution >= 4 is 11.6 Å². The van der Waals surface area contributed by atoms with Gasteiger partial charge in [-0.1, -0.05) is 11.6 Å². The van der Waals surface area contributed by atoms with E-state index in [1.165, 1.54) is 0 Å². The van der Waals surface area contributed by atoms with Crippen LogP contribution in [0, 0.1) is 0 Å². The summed E-state index contributed by atoms with van der Waals surface area (Å²) in [5.41, 5.74) is 4.24. The van der Waals surface area contributed by atoms with Crippen LogP contribution in [0.4, 0.5) is 13.2 Å². The van der Waals surface area contributed by atoms with Gasteiger partial charge in [-0.15, -0.1) is 0 Å². The Bertz CT molecular complexity index is 343. The molecule has 1 heterocycles. The maximum Gasteiger partial charge on any atom is 0.418 e. The van der Waals surface area contributed by atoms with E-state index in [0.29, 0.717) is 6.20 Å². The number of nitrogens with zero attached hydrogens (tertiary/aromatic N) is 1. The predicted molar refractivity (Wildman–Crippen MR) is 48.8 cm³/mol. The number of halogens is 4. The lowest BCUT2D eigenvalue weighted by Crippen LogP contribution is -2.12. The third-order valence-corrected chi connectivity index (χ3v) is 1.79. The molecule has 0 saturated carbocycles. The van der Waals surface area contributed by atoms with Crippen LogP contribution in [0.15, 0.2) is 12.3 Å². The Morgan fingerprint density at radius 3 is 2.67 bits per heavy atom. The zero-order valence-corrected chi connectivity index (χ0v) is 8.27. The van der Waals surface area contributed by atoms with Gasteiger partial charge in [-0.3, -0.25) is 0 Å². The molecule has 0 aromatic carbocycles. The molecule has 7 heteroatoms. The first-order chi connectivity index (χ1) is 6.95. The van der Waals surface area contributed by atoms with Gasteiger partial charge in [-0.25, -0.2) is 4.98 Å². The fourth-order valence-corrected chi connectivity index (χ4v) is 1.01.